The van der Waals surface area contributed by atoms with Crippen molar-refractivity contribution in [3.63, 3.8) is 0 Å². The van der Waals surface area contributed by atoms with Crippen LogP contribution in [-0.4, -0.2) is 17.6 Å². The Kier molecular flexibility index (Phi) is 2.01. The van der Waals surface area contributed by atoms with Crippen molar-refractivity contribution in [2.45, 2.75) is 25.3 Å². The molecule has 1 unspecified atom stereocenters. The van der Waals surface area contributed by atoms with E-state index in [0.717, 1.165) is 16.0 Å². The summed E-state index contributed by atoms with van der Waals surface area (Å²) in [5.74, 6) is 0. The Morgan fingerprint density at radius 3 is 3.24 bits per heavy atom. The van der Waals surface area contributed by atoms with Gasteiger partial charge in [-0.05, 0) is 43.0 Å². The minimum Gasteiger partial charge on any atom is -0.367 e. The number of aromatic nitrogens is 1. The molecular formula is C14H13BrN2. The van der Waals surface area contributed by atoms with Gasteiger partial charge in [-0.1, -0.05) is 15.9 Å². The highest BCUT2D eigenvalue weighted by Gasteiger charge is 2.34. The van der Waals surface area contributed by atoms with E-state index in [0.29, 0.717) is 0 Å². The Morgan fingerprint density at radius 2 is 2.29 bits per heavy atom. The van der Waals surface area contributed by atoms with Gasteiger partial charge in [0.2, 0.25) is 0 Å². The van der Waals surface area contributed by atoms with Crippen LogP contribution in [0.3, 0.4) is 0 Å². The fourth-order valence-corrected chi connectivity index (χ4v) is 3.64. The summed E-state index contributed by atoms with van der Waals surface area (Å²) < 4.78 is 1.14. The first-order valence-electron chi connectivity index (χ1n) is 6.17. The summed E-state index contributed by atoms with van der Waals surface area (Å²) in [5, 5.41) is 1.31. The predicted molar refractivity (Wildman–Crippen MR) is 73.5 cm³/mol. The largest absolute Gasteiger partial charge is 0.367 e. The van der Waals surface area contributed by atoms with E-state index in [1.54, 1.807) is 0 Å². The zero-order valence-corrected chi connectivity index (χ0v) is 11.1. The molecule has 1 fully saturated rings. The predicted octanol–water partition coefficient (Wildman–Crippen LogP) is 3.52. The van der Waals surface area contributed by atoms with Gasteiger partial charge in [-0.2, -0.15) is 0 Å². The highest BCUT2D eigenvalue weighted by Crippen LogP contribution is 2.42. The Balaban J connectivity index is 2.03. The van der Waals surface area contributed by atoms with Gasteiger partial charge in [0, 0.05) is 28.6 Å². The van der Waals surface area contributed by atoms with Crippen molar-refractivity contribution in [3.8, 4) is 0 Å². The molecule has 0 spiro atoms. The van der Waals surface area contributed by atoms with Gasteiger partial charge in [-0.25, -0.2) is 0 Å². The van der Waals surface area contributed by atoms with Crippen LogP contribution in [0, 0.1) is 0 Å². The lowest BCUT2D eigenvalue weighted by atomic mass is 10.1. The van der Waals surface area contributed by atoms with Crippen molar-refractivity contribution in [2.24, 2.45) is 0 Å². The van der Waals surface area contributed by atoms with Gasteiger partial charge in [-0.3, -0.25) is 4.98 Å². The second kappa shape index (κ2) is 3.45. The van der Waals surface area contributed by atoms with Crippen molar-refractivity contribution in [1.82, 2.24) is 4.98 Å². The Morgan fingerprint density at radius 1 is 1.35 bits per heavy atom. The number of fused-ring (bicyclic) bond motifs is 5. The lowest BCUT2D eigenvalue weighted by molar-refractivity contribution is 0.703. The monoisotopic (exact) mass is 288 g/mol. The summed E-state index contributed by atoms with van der Waals surface area (Å²) in [6.07, 6.45) is 5.93. The molecule has 2 nitrogen and oxygen atoms in total. The molecule has 0 aliphatic carbocycles. The van der Waals surface area contributed by atoms with E-state index in [1.165, 1.54) is 42.4 Å². The molecule has 4 rings (SSSR count). The summed E-state index contributed by atoms with van der Waals surface area (Å²) in [6.45, 7) is 1.21. The number of hydrogen-bond donors (Lipinski definition) is 0. The molecule has 17 heavy (non-hydrogen) atoms. The minimum absolute atomic E-state index is 0.733. The van der Waals surface area contributed by atoms with Gasteiger partial charge < -0.3 is 4.90 Å². The van der Waals surface area contributed by atoms with Crippen LogP contribution in [0.5, 0.6) is 0 Å². The van der Waals surface area contributed by atoms with Crippen molar-refractivity contribution < 1.29 is 0 Å². The maximum atomic E-state index is 4.57. The van der Waals surface area contributed by atoms with Crippen LogP contribution in [0.25, 0.3) is 10.9 Å². The highest BCUT2D eigenvalue weighted by atomic mass is 79.9. The number of hydrogen-bond acceptors (Lipinski definition) is 2. The number of anilines is 1. The number of halogens is 1. The van der Waals surface area contributed by atoms with Crippen LogP contribution in [0.2, 0.25) is 0 Å². The topological polar surface area (TPSA) is 16.1 Å². The molecule has 3 heterocycles. The van der Waals surface area contributed by atoms with E-state index >= 15 is 0 Å². The van der Waals surface area contributed by atoms with E-state index in [4.69, 9.17) is 0 Å². The molecule has 0 bridgehead atoms. The molecule has 2 aliphatic heterocycles. The fraction of sp³-hybridized carbons (Fsp3) is 0.357. The molecule has 0 saturated carbocycles. The molecule has 0 radical (unpaired) electrons. The van der Waals surface area contributed by atoms with E-state index in [1.807, 2.05) is 0 Å². The first-order valence-corrected chi connectivity index (χ1v) is 6.96. The Labute approximate surface area is 109 Å². The van der Waals surface area contributed by atoms with Crippen molar-refractivity contribution in [1.29, 1.82) is 0 Å². The van der Waals surface area contributed by atoms with E-state index < -0.39 is 0 Å². The van der Waals surface area contributed by atoms with Crippen LogP contribution in [0.1, 0.15) is 18.4 Å². The zero-order chi connectivity index (χ0) is 11.4. The van der Waals surface area contributed by atoms with E-state index in [-0.39, 0.29) is 0 Å². The normalized spacial score (nSPS) is 21.9. The van der Waals surface area contributed by atoms with Gasteiger partial charge in [0.1, 0.15) is 0 Å². The minimum atomic E-state index is 0.733. The highest BCUT2D eigenvalue weighted by molar-refractivity contribution is 9.10. The van der Waals surface area contributed by atoms with Gasteiger partial charge in [-0.15, -0.1) is 0 Å². The molecule has 2 aromatic rings. The average molecular weight is 289 g/mol. The molecule has 1 atom stereocenters. The first-order chi connectivity index (χ1) is 8.33. The zero-order valence-electron chi connectivity index (χ0n) is 9.49. The van der Waals surface area contributed by atoms with Crippen molar-refractivity contribution in [2.75, 3.05) is 11.4 Å². The summed E-state index contributed by atoms with van der Waals surface area (Å²) in [5.41, 5.74) is 3.98. The third-order valence-electron chi connectivity index (χ3n) is 4.00. The van der Waals surface area contributed by atoms with Crippen LogP contribution in [-0.2, 0) is 6.42 Å². The summed E-state index contributed by atoms with van der Waals surface area (Å²) in [6, 6.07) is 7.11. The molecule has 3 heteroatoms. The second-order valence-electron chi connectivity index (χ2n) is 4.99. The molecule has 0 N–H and O–H groups in total. The quantitative estimate of drug-likeness (QED) is 0.737. The smallest absolute Gasteiger partial charge is 0.0723 e. The Hall–Kier alpha value is -1.09. The van der Waals surface area contributed by atoms with Gasteiger partial charge >= 0.3 is 0 Å². The van der Waals surface area contributed by atoms with Crippen molar-refractivity contribution >= 4 is 32.5 Å². The third kappa shape index (κ3) is 1.35. The van der Waals surface area contributed by atoms with Crippen LogP contribution < -0.4 is 4.90 Å². The average Bonchev–Trinajstić information content (AvgIpc) is 2.87. The number of nitrogens with zero attached hydrogens (tertiary/aromatic N) is 2. The molecule has 2 aliphatic rings. The van der Waals surface area contributed by atoms with Crippen LogP contribution in [0.4, 0.5) is 5.69 Å². The molecular weight excluding hydrogens is 276 g/mol. The van der Waals surface area contributed by atoms with E-state index in [2.05, 4.69) is 50.2 Å². The number of benzene rings is 1. The van der Waals surface area contributed by atoms with Gasteiger partial charge in [0.05, 0.1) is 11.2 Å². The summed E-state index contributed by atoms with van der Waals surface area (Å²) >= 11 is 3.57. The lowest BCUT2D eigenvalue weighted by Crippen LogP contribution is -2.24. The molecule has 86 valence electrons. The molecule has 1 saturated heterocycles. The van der Waals surface area contributed by atoms with E-state index in [9.17, 15) is 0 Å². The SMILES string of the molecule is Brc1ccc2ncc3c(c2c1)N1CCCC1C3. The maximum absolute atomic E-state index is 4.57. The lowest BCUT2D eigenvalue weighted by Gasteiger charge is -2.20. The fourth-order valence-electron chi connectivity index (χ4n) is 3.28. The van der Waals surface area contributed by atoms with Gasteiger partial charge in [0.15, 0.2) is 0 Å². The first kappa shape index (κ1) is 9.89. The molecule has 1 aromatic carbocycles. The standard InChI is InChI=1S/C14H13BrN2/c15-10-3-4-13-12(7-10)14-9(8-16-13)6-11-2-1-5-17(11)14/h3-4,7-8,11H,1-2,5-6H2. The molecule has 1 aromatic heterocycles. The van der Waals surface area contributed by atoms with Crippen LogP contribution >= 0.6 is 15.9 Å². The number of pyridine rings is 1. The molecule has 0 amide bonds. The Bertz CT molecular complexity index is 608. The second-order valence-corrected chi connectivity index (χ2v) is 5.90. The number of rotatable bonds is 0. The summed E-state index contributed by atoms with van der Waals surface area (Å²) in [7, 11) is 0. The van der Waals surface area contributed by atoms with Crippen LogP contribution in [0.15, 0.2) is 28.9 Å². The maximum Gasteiger partial charge on any atom is 0.0723 e. The van der Waals surface area contributed by atoms with Crippen molar-refractivity contribution in [3.05, 3.63) is 34.4 Å². The third-order valence-corrected chi connectivity index (χ3v) is 4.49. The van der Waals surface area contributed by atoms with Gasteiger partial charge in [0.25, 0.3) is 0 Å². The summed E-state index contributed by atoms with van der Waals surface area (Å²) in [4.78, 5) is 7.16.